The molecule has 0 aliphatic rings. The molecule has 19 heavy (non-hydrogen) atoms. The summed E-state index contributed by atoms with van der Waals surface area (Å²) >= 11 is 7.49. The molecule has 0 saturated heterocycles. The predicted molar refractivity (Wildman–Crippen MR) is 76.6 cm³/mol. The van der Waals surface area contributed by atoms with Crippen LogP contribution in [0, 0.1) is 6.92 Å². The van der Waals surface area contributed by atoms with Gasteiger partial charge in [-0.1, -0.05) is 24.6 Å². The minimum Gasteiger partial charge on any atom is -0.416 e. The molecule has 2 aromatic rings. The van der Waals surface area contributed by atoms with E-state index < -0.39 is 0 Å². The molecule has 102 valence electrons. The highest BCUT2D eigenvalue weighted by atomic mass is 35.5. The molecule has 1 aromatic heterocycles. The van der Waals surface area contributed by atoms with E-state index in [-0.39, 0.29) is 0 Å². The molecule has 1 aromatic carbocycles. The second-order valence-electron chi connectivity index (χ2n) is 4.12. The summed E-state index contributed by atoms with van der Waals surface area (Å²) in [4.78, 5) is 1.04. The molecule has 1 heterocycles. The first-order valence-electron chi connectivity index (χ1n) is 6.16. The number of nitrogens with one attached hydrogen (secondary N) is 1. The Hall–Kier alpha value is -1.04. The summed E-state index contributed by atoms with van der Waals surface area (Å²) in [5.41, 5.74) is 1.18. The fraction of sp³-hybridized carbons (Fsp3) is 0.385. The summed E-state index contributed by atoms with van der Waals surface area (Å²) in [6.07, 6.45) is 1.11. The molecule has 4 nitrogen and oxygen atoms in total. The lowest BCUT2D eigenvalue weighted by molar-refractivity contribution is 0.429. The quantitative estimate of drug-likeness (QED) is 0.824. The second kappa shape index (κ2) is 6.93. The van der Waals surface area contributed by atoms with Crippen molar-refractivity contribution in [3.63, 3.8) is 0 Å². The third-order valence-corrected chi connectivity index (χ3v) is 3.65. The highest BCUT2D eigenvalue weighted by Gasteiger charge is 2.10. The molecule has 0 fully saturated rings. The van der Waals surface area contributed by atoms with Crippen molar-refractivity contribution < 1.29 is 4.42 Å². The fourth-order valence-electron chi connectivity index (χ4n) is 1.58. The Kier molecular flexibility index (Phi) is 5.24. The molecule has 0 amide bonds. The van der Waals surface area contributed by atoms with Crippen LogP contribution in [-0.4, -0.2) is 16.7 Å². The van der Waals surface area contributed by atoms with Gasteiger partial charge in [0.1, 0.15) is 0 Å². The first-order chi connectivity index (χ1) is 9.19. The monoisotopic (exact) mass is 297 g/mol. The van der Waals surface area contributed by atoms with Gasteiger partial charge >= 0.3 is 0 Å². The zero-order valence-corrected chi connectivity index (χ0v) is 12.5. The Balaban J connectivity index is 2.14. The third kappa shape index (κ3) is 4.23. The fourth-order valence-corrected chi connectivity index (χ4v) is 2.71. The lowest BCUT2D eigenvalue weighted by Crippen LogP contribution is -2.14. The zero-order chi connectivity index (χ0) is 13.7. The van der Waals surface area contributed by atoms with E-state index >= 15 is 0 Å². The summed E-state index contributed by atoms with van der Waals surface area (Å²) in [6.45, 7) is 5.72. The van der Waals surface area contributed by atoms with Crippen LogP contribution in [0.2, 0.25) is 5.02 Å². The molecule has 0 unspecified atom stereocenters. The van der Waals surface area contributed by atoms with E-state index in [1.165, 1.54) is 17.3 Å². The van der Waals surface area contributed by atoms with Gasteiger partial charge in [-0.05, 0) is 42.4 Å². The van der Waals surface area contributed by atoms with Gasteiger partial charge in [-0.25, -0.2) is 0 Å². The molecule has 0 aliphatic heterocycles. The van der Waals surface area contributed by atoms with E-state index in [1.54, 1.807) is 6.92 Å². The molecule has 1 N–H and O–H groups in total. The lowest BCUT2D eigenvalue weighted by atomic mass is 10.2. The SMILES string of the molecule is CCCNCc1ccc(Cl)cc1Sc1nnc(C)o1. The van der Waals surface area contributed by atoms with Crippen molar-refractivity contribution in [2.24, 2.45) is 0 Å². The molecule has 6 heteroatoms. The number of aryl methyl sites for hydroxylation is 1. The predicted octanol–water partition coefficient (Wildman–Crippen LogP) is 3.68. The van der Waals surface area contributed by atoms with Gasteiger partial charge in [0, 0.05) is 23.4 Å². The average molecular weight is 298 g/mol. The van der Waals surface area contributed by atoms with Crippen molar-refractivity contribution in [3.05, 3.63) is 34.7 Å². The van der Waals surface area contributed by atoms with Crippen molar-refractivity contribution in [3.8, 4) is 0 Å². The van der Waals surface area contributed by atoms with E-state index in [9.17, 15) is 0 Å². The number of aromatic nitrogens is 2. The highest BCUT2D eigenvalue weighted by molar-refractivity contribution is 7.99. The minimum absolute atomic E-state index is 0.538. The van der Waals surface area contributed by atoms with Gasteiger partial charge in [0.25, 0.3) is 5.22 Å². The standard InChI is InChI=1S/C13H16ClN3OS/c1-3-6-15-8-10-4-5-11(14)7-12(10)19-13-17-16-9(2)18-13/h4-5,7,15H,3,6,8H2,1-2H3. The largest absolute Gasteiger partial charge is 0.416 e. The summed E-state index contributed by atoms with van der Waals surface area (Å²) in [5, 5.41) is 12.4. The van der Waals surface area contributed by atoms with Crippen LogP contribution in [-0.2, 0) is 6.54 Å². The van der Waals surface area contributed by atoms with Gasteiger partial charge in [0.05, 0.1) is 0 Å². The third-order valence-electron chi connectivity index (χ3n) is 2.48. The highest BCUT2D eigenvalue weighted by Crippen LogP contribution is 2.31. The van der Waals surface area contributed by atoms with Crippen LogP contribution in [0.15, 0.2) is 32.7 Å². The van der Waals surface area contributed by atoms with E-state index in [0.717, 1.165) is 24.4 Å². The Morgan fingerprint density at radius 2 is 2.21 bits per heavy atom. The normalized spacial score (nSPS) is 10.9. The number of benzene rings is 1. The number of hydrogen-bond acceptors (Lipinski definition) is 5. The Morgan fingerprint density at radius 1 is 1.37 bits per heavy atom. The average Bonchev–Trinajstić information content (AvgIpc) is 2.78. The van der Waals surface area contributed by atoms with Crippen molar-refractivity contribution >= 4 is 23.4 Å². The molecule has 0 radical (unpaired) electrons. The molecule has 0 saturated carbocycles. The van der Waals surface area contributed by atoms with Gasteiger partial charge in [-0.15, -0.1) is 10.2 Å². The zero-order valence-electron chi connectivity index (χ0n) is 10.9. The molecular weight excluding hydrogens is 282 g/mol. The van der Waals surface area contributed by atoms with Gasteiger partial charge in [0.2, 0.25) is 5.89 Å². The molecule has 2 rings (SSSR count). The maximum atomic E-state index is 6.05. The number of hydrogen-bond donors (Lipinski definition) is 1. The first-order valence-corrected chi connectivity index (χ1v) is 7.35. The minimum atomic E-state index is 0.538. The van der Waals surface area contributed by atoms with Crippen LogP contribution < -0.4 is 5.32 Å². The second-order valence-corrected chi connectivity index (χ2v) is 5.55. The van der Waals surface area contributed by atoms with E-state index in [4.69, 9.17) is 16.0 Å². The van der Waals surface area contributed by atoms with E-state index in [2.05, 4.69) is 22.4 Å². The van der Waals surface area contributed by atoms with E-state index in [0.29, 0.717) is 16.1 Å². The van der Waals surface area contributed by atoms with Crippen LogP contribution in [0.1, 0.15) is 24.8 Å². The van der Waals surface area contributed by atoms with Crippen LogP contribution >= 0.6 is 23.4 Å². The Bertz CT molecular complexity index is 544. The van der Waals surface area contributed by atoms with Crippen LogP contribution in [0.4, 0.5) is 0 Å². The van der Waals surface area contributed by atoms with Gasteiger partial charge < -0.3 is 9.73 Å². The van der Waals surface area contributed by atoms with Crippen molar-refractivity contribution in [2.45, 2.75) is 36.9 Å². The van der Waals surface area contributed by atoms with Crippen molar-refractivity contribution in [1.29, 1.82) is 0 Å². The number of rotatable bonds is 6. The summed E-state index contributed by atoms with van der Waals surface area (Å²) < 4.78 is 5.39. The summed E-state index contributed by atoms with van der Waals surface area (Å²) in [7, 11) is 0. The summed E-state index contributed by atoms with van der Waals surface area (Å²) in [6, 6.07) is 5.85. The van der Waals surface area contributed by atoms with E-state index in [1.807, 2.05) is 18.2 Å². The molecule has 0 atom stereocenters. The maximum Gasteiger partial charge on any atom is 0.281 e. The first kappa shape index (κ1) is 14.4. The van der Waals surface area contributed by atoms with Crippen molar-refractivity contribution in [2.75, 3.05) is 6.54 Å². The molecule has 0 spiro atoms. The Morgan fingerprint density at radius 3 is 2.89 bits per heavy atom. The number of nitrogens with zero attached hydrogens (tertiary/aromatic N) is 2. The smallest absolute Gasteiger partial charge is 0.281 e. The van der Waals surface area contributed by atoms with Gasteiger partial charge in [-0.3, -0.25) is 0 Å². The van der Waals surface area contributed by atoms with Crippen LogP contribution in [0.25, 0.3) is 0 Å². The van der Waals surface area contributed by atoms with Gasteiger partial charge in [-0.2, -0.15) is 0 Å². The lowest BCUT2D eigenvalue weighted by Gasteiger charge is -2.08. The van der Waals surface area contributed by atoms with Gasteiger partial charge in [0.15, 0.2) is 0 Å². The maximum absolute atomic E-state index is 6.05. The van der Waals surface area contributed by atoms with Crippen LogP contribution in [0.5, 0.6) is 0 Å². The Labute approximate surface area is 121 Å². The topological polar surface area (TPSA) is 51.0 Å². The van der Waals surface area contributed by atoms with Crippen LogP contribution in [0.3, 0.4) is 0 Å². The number of halogens is 1. The summed E-state index contributed by atoms with van der Waals surface area (Å²) in [5.74, 6) is 0.565. The molecule has 0 aliphatic carbocycles. The van der Waals surface area contributed by atoms with Crippen molar-refractivity contribution in [1.82, 2.24) is 15.5 Å². The molecule has 0 bridgehead atoms. The molecular formula is C13H16ClN3OS.